The zero-order valence-electron chi connectivity index (χ0n) is 9.68. The van der Waals surface area contributed by atoms with Crippen LogP contribution in [0.1, 0.15) is 18.5 Å². The van der Waals surface area contributed by atoms with E-state index < -0.39 is 10.0 Å². The van der Waals surface area contributed by atoms with Crippen molar-refractivity contribution >= 4 is 10.0 Å². The molecule has 6 nitrogen and oxygen atoms in total. The van der Waals surface area contributed by atoms with Gasteiger partial charge in [0, 0.05) is 25.0 Å². The first-order valence-electron chi connectivity index (χ1n) is 5.60. The van der Waals surface area contributed by atoms with Gasteiger partial charge in [-0.25, -0.2) is 18.1 Å². The van der Waals surface area contributed by atoms with Crippen LogP contribution < -0.4 is 10.0 Å². The Bertz CT molecular complexity index is 483. The number of nitrogens with zero attached hydrogens (tertiary/aromatic N) is 2. The molecule has 0 unspecified atom stereocenters. The van der Waals surface area contributed by atoms with Gasteiger partial charge in [-0.2, -0.15) is 0 Å². The summed E-state index contributed by atoms with van der Waals surface area (Å²) in [4.78, 5) is 7.82. The van der Waals surface area contributed by atoms with Gasteiger partial charge in [0.2, 0.25) is 0 Å². The summed E-state index contributed by atoms with van der Waals surface area (Å²) in [6.45, 7) is 3.25. The van der Waals surface area contributed by atoms with Crippen LogP contribution in [0.4, 0.5) is 0 Å². The summed E-state index contributed by atoms with van der Waals surface area (Å²) in [6.07, 6.45) is 4.70. The van der Waals surface area contributed by atoms with E-state index in [0.717, 1.165) is 19.4 Å². The SMILES string of the molecule is Cc1nccnc1S(=O)(=O)N[C@H]1CCCNC1. The third kappa shape index (κ3) is 2.99. The Labute approximate surface area is 101 Å². The molecule has 2 N–H and O–H groups in total. The Morgan fingerprint density at radius 3 is 2.82 bits per heavy atom. The first-order valence-corrected chi connectivity index (χ1v) is 7.08. The fraction of sp³-hybridized carbons (Fsp3) is 0.600. The van der Waals surface area contributed by atoms with E-state index in [1.807, 2.05) is 0 Å². The maximum Gasteiger partial charge on any atom is 0.260 e. The van der Waals surface area contributed by atoms with Gasteiger partial charge < -0.3 is 5.32 Å². The number of rotatable bonds is 3. The minimum atomic E-state index is -3.55. The van der Waals surface area contributed by atoms with Crippen LogP contribution >= 0.6 is 0 Å². The number of aromatic nitrogens is 2. The van der Waals surface area contributed by atoms with Crippen LogP contribution in [0.3, 0.4) is 0 Å². The summed E-state index contributed by atoms with van der Waals surface area (Å²) >= 11 is 0. The molecule has 0 aliphatic carbocycles. The van der Waals surface area contributed by atoms with Gasteiger partial charge in [0.15, 0.2) is 5.03 Å². The number of sulfonamides is 1. The smallest absolute Gasteiger partial charge is 0.260 e. The molecule has 17 heavy (non-hydrogen) atoms. The Hall–Kier alpha value is -1.05. The third-order valence-corrected chi connectivity index (χ3v) is 4.26. The molecular formula is C10H16N4O2S. The Morgan fingerprint density at radius 2 is 2.18 bits per heavy atom. The van der Waals surface area contributed by atoms with Crippen molar-refractivity contribution in [3.8, 4) is 0 Å². The van der Waals surface area contributed by atoms with E-state index >= 15 is 0 Å². The molecule has 0 spiro atoms. The van der Waals surface area contributed by atoms with Crippen molar-refractivity contribution < 1.29 is 8.42 Å². The molecule has 2 rings (SSSR count). The summed E-state index contributed by atoms with van der Waals surface area (Å²) in [5.41, 5.74) is 0.420. The van der Waals surface area contributed by atoms with E-state index in [2.05, 4.69) is 20.0 Å². The largest absolute Gasteiger partial charge is 0.315 e. The molecule has 0 bridgehead atoms. The van der Waals surface area contributed by atoms with Crippen LogP contribution in [0.25, 0.3) is 0 Å². The van der Waals surface area contributed by atoms with Crippen LogP contribution in [-0.4, -0.2) is 37.5 Å². The highest BCUT2D eigenvalue weighted by Crippen LogP contribution is 2.11. The lowest BCUT2D eigenvalue weighted by Gasteiger charge is -2.23. The van der Waals surface area contributed by atoms with E-state index in [0.29, 0.717) is 12.2 Å². The molecular weight excluding hydrogens is 240 g/mol. The monoisotopic (exact) mass is 256 g/mol. The molecule has 1 aliphatic rings. The highest BCUT2D eigenvalue weighted by atomic mass is 32.2. The molecule has 1 aromatic rings. The summed E-state index contributed by atoms with van der Waals surface area (Å²) in [5, 5.41) is 3.18. The van der Waals surface area contributed by atoms with E-state index in [4.69, 9.17) is 0 Å². The van der Waals surface area contributed by atoms with Gasteiger partial charge in [-0.05, 0) is 26.3 Å². The van der Waals surface area contributed by atoms with Gasteiger partial charge in [0.1, 0.15) is 0 Å². The zero-order valence-corrected chi connectivity index (χ0v) is 10.5. The molecule has 0 aromatic carbocycles. The Kier molecular flexibility index (Phi) is 3.70. The number of aryl methyl sites for hydroxylation is 1. The highest BCUT2D eigenvalue weighted by molar-refractivity contribution is 7.89. The minimum Gasteiger partial charge on any atom is -0.315 e. The van der Waals surface area contributed by atoms with Gasteiger partial charge in [-0.1, -0.05) is 0 Å². The van der Waals surface area contributed by atoms with Gasteiger partial charge in [-0.3, -0.25) is 4.98 Å². The lowest BCUT2D eigenvalue weighted by atomic mass is 10.1. The fourth-order valence-electron chi connectivity index (χ4n) is 1.89. The van der Waals surface area contributed by atoms with Crippen molar-refractivity contribution in [3.63, 3.8) is 0 Å². The number of hydrogen-bond acceptors (Lipinski definition) is 5. The number of hydrogen-bond donors (Lipinski definition) is 2. The van der Waals surface area contributed by atoms with Crippen molar-refractivity contribution in [2.24, 2.45) is 0 Å². The molecule has 0 amide bonds. The summed E-state index contributed by atoms with van der Waals surface area (Å²) in [7, 11) is -3.55. The lowest BCUT2D eigenvalue weighted by molar-refractivity contribution is 0.428. The molecule has 2 heterocycles. The quantitative estimate of drug-likeness (QED) is 0.783. The number of piperidine rings is 1. The van der Waals surface area contributed by atoms with Crippen molar-refractivity contribution in [2.75, 3.05) is 13.1 Å². The first-order chi connectivity index (χ1) is 8.09. The summed E-state index contributed by atoms with van der Waals surface area (Å²) < 4.78 is 26.8. The van der Waals surface area contributed by atoms with Crippen molar-refractivity contribution in [1.29, 1.82) is 0 Å². The summed E-state index contributed by atoms with van der Waals surface area (Å²) in [5.74, 6) is 0. The second kappa shape index (κ2) is 5.07. The topological polar surface area (TPSA) is 84.0 Å². The van der Waals surface area contributed by atoms with Crippen molar-refractivity contribution in [3.05, 3.63) is 18.1 Å². The van der Waals surface area contributed by atoms with Crippen molar-refractivity contribution in [2.45, 2.75) is 30.8 Å². The maximum atomic E-state index is 12.1. The molecule has 1 aromatic heterocycles. The van der Waals surface area contributed by atoms with Crippen LogP contribution in [0.5, 0.6) is 0 Å². The average molecular weight is 256 g/mol. The molecule has 0 saturated carbocycles. The van der Waals surface area contributed by atoms with Gasteiger partial charge in [0.25, 0.3) is 10.0 Å². The van der Waals surface area contributed by atoms with Crippen LogP contribution in [-0.2, 0) is 10.0 Å². The lowest BCUT2D eigenvalue weighted by Crippen LogP contribution is -2.45. The van der Waals surface area contributed by atoms with Gasteiger partial charge >= 0.3 is 0 Å². The van der Waals surface area contributed by atoms with E-state index in [9.17, 15) is 8.42 Å². The van der Waals surface area contributed by atoms with Gasteiger partial charge in [0.05, 0.1) is 5.69 Å². The van der Waals surface area contributed by atoms with Crippen LogP contribution in [0.15, 0.2) is 17.4 Å². The number of nitrogens with one attached hydrogen (secondary N) is 2. The molecule has 1 aliphatic heterocycles. The van der Waals surface area contributed by atoms with E-state index in [1.165, 1.54) is 12.4 Å². The predicted molar refractivity (Wildman–Crippen MR) is 63.0 cm³/mol. The molecule has 7 heteroatoms. The van der Waals surface area contributed by atoms with Crippen molar-refractivity contribution in [1.82, 2.24) is 20.0 Å². The zero-order chi connectivity index (χ0) is 12.3. The molecule has 0 radical (unpaired) electrons. The summed E-state index contributed by atoms with van der Waals surface area (Å²) in [6, 6.07) is -0.0600. The second-order valence-corrected chi connectivity index (χ2v) is 5.74. The highest BCUT2D eigenvalue weighted by Gasteiger charge is 2.24. The molecule has 1 saturated heterocycles. The maximum absolute atomic E-state index is 12.1. The average Bonchev–Trinajstić information content (AvgIpc) is 2.30. The molecule has 94 valence electrons. The predicted octanol–water partition coefficient (Wildman–Crippen LogP) is -0.185. The Morgan fingerprint density at radius 1 is 1.41 bits per heavy atom. The van der Waals surface area contributed by atoms with Crippen LogP contribution in [0.2, 0.25) is 0 Å². The Balaban J connectivity index is 2.16. The standard InChI is InChI=1S/C10H16N4O2S/c1-8-10(13-6-5-12-8)17(15,16)14-9-3-2-4-11-7-9/h5-6,9,11,14H,2-4,7H2,1H3/t9-/m0/s1. The second-order valence-electron chi connectivity index (χ2n) is 4.11. The minimum absolute atomic E-state index is 0.0190. The third-order valence-electron chi connectivity index (χ3n) is 2.71. The normalized spacial score (nSPS) is 21.4. The van der Waals surface area contributed by atoms with Gasteiger partial charge in [-0.15, -0.1) is 0 Å². The fourth-order valence-corrected chi connectivity index (χ4v) is 3.28. The van der Waals surface area contributed by atoms with E-state index in [1.54, 1.807) is 6.92 Å². The molecule has 1 fully saturated rings. The van der Waals surface area contributed by atoms with Crippen LogP contribution in [0, 0.1) is 6.92 Å². The first kappa shape index (κ1) is 12.4. The van der Waals surface area contributed by atoms with E-state index in [-0.39, 0.29) is 11.1 Å². The molecule has 1 atom stereocenters.